The maximum atomic E-state index is 12.3. The summed E-state index contributed by atoms with van der Waals surface area (Å²) in [7, 11) is 0. The Morgan fingerprint density at radius 1 is 1.23 bits per heavy atom. The molecule has 2 amide bonds. The molecule has 0 bridgehead atoms. The molecule has 22 heavy (non-hydrogen) atoms. The summed E-state index contributed by atoms with van der Waals surface area (Å²) in [6.07, 6.45) is 6.44. The van der Waals surface area contributed by atoms with Crippen molar-refractivity contribution >= 4 is 23.2 Å². The van der Waals surface area contributed by atoms with Crippen LogP contribution in [0.5, 0.6) is 0 Å². The summed E-state index contributed by atoms with van der Waals surface area (Å²) < 4.78 is 0. The molecule has 1 aromatic carbocycles. The second-order valence-corrected chi connectivity index (χ2v) is 5.49. The Balaban J connectivity index is 1.96. The number of para-hydroxylation sites is 2. The summed E-state index contributed by atoms with van der Waals surface area (Å²) in [6, 6.07) is 7.56. The van der Waals surface area contributed by atoms with Gasteiger partial charge in [0.2, 0.25) is 11.8 Å². The van der Waals surface area contributed by atoms with Gasteiger partial charge in [-0.05, 0) is 18.6 Å². The topological polar surface area (TPSA) is 61.4 Å². The summed E-state index contributed by atoms with van der Waals surface area (Å²) in [5, 5.41) is 5.60. The fourth-order valence-electron chi connectivity index (χ4n) is 2.63. The van der Waals surface area contributed by atoms with Crippen molar-refractivity contribution in [2.75, 3.05) is 23.7 Å². The molecule has 0 fully saturated rings. The van der Waals surface area contributed by atoms with Crippen LogP contribution >= 0.6 is 0 Å². The molecule has 2 N–H and O–H groups in total. The first kappa shape index (κ1) is 16.2. The average Bonchev–Trinajstić information content (AvgIpc) is 2.88. The van der Waals surface area contributed by atoms with Gasteiger partial charge in [0.1, 0.15) is 0 Å². The number of rotatable bonds is 6. The van der Waals surface area contributed by atoms with E-state index >= 15 is 0 Å². The molecule has 1 aliphatic rings. The number of nitrogens with zero attached hydrogens (tertiary/aromatic N) is 1. The second-order valence-electron chi connectivity index (χ2n) is 5.49. The van der Waals surface area contributed by atoms with Crippen LogP contribution in [0.15, 0.2) is 36.4 Å². The van der Waals surface area contributed by atoms with Gasteiger partial charge in [0.25, 0.3) is 0 Å². The molecule has 1 atom stereocenters. The largest absolute Gasteiger partial charge is 0.325 e. The number of benzene rings is 1. The number of anilines is 2. The number of amides is 2. The van der Waals surface area contributed by atoms with Gasteiger partial charge in [0.05, 0.1) is 17.9 Å². The van der Waals surface area contributed by atoms with E-state index in [2.05, 4.69) is 34.6 Å². The maximum Gasteiger partial charge on any atom is 0.238 e. The quantitative estimate of drug-likeness (QED) is 0.794. The SMILES string of the molecule is CCC[C@@H]1C=CCN1CC(=O)Nc1ccccc1NC(C)=O. The highest BCUT2D eigenvalue weighted by atomic mass is 16.2. The third-order valence-electron chi connectivity index (χ3n) is 3.61. The van der Waals surface area contributed by atoms with E-state index in [0.717, 1.165) is 19.4 Å². The molecule has 0 radical (unpaired) electrons. The first-order valence-electron chi connectivity index (χ1n) is 7.67. The van der Waals surface area contributed by atoms with Gasteiger partial charge in [-0.15, -0.1) is 0 Å². The van der Waals surface area contributed by atoms with Crippen LogP contribution < -0.4 is 10.6 Å². The maximum absolute atomic E-state index is 12.3. The van der Waals surface area contributed by atoms with Gasteiger partial charge in [-0.25, -0.2) is 0 Å². The first-order chi connectivity index (χ1) is 10.6. The lowest BCUT2D eigenvalue weighted by atomic mass is 10.1. The van der Waals surface area contributed by atoms with Crippen molar-refractivity contribution in [3.63, 3.8) is 0 Å². The summed E-state index contributed by atoms with van der Waals surface area (Å²) in [6.45, 7) is 4.76. The second kappa shape index (κ2) is 7.75. The third kappa shape index (κ3) is 4.43. The number of hydrogen-bond donors (Lipinski definition) is 2. The monoisotopic (exact) mass is 301 g/mol. The minimum Gasteiger partial charge on any atom is -0.325 e. The third-order valence-corrected chi connectivity index (χ3v) is 3.61. The fourth-order valence-corrected chi connectivity index (χ4v) is 2.63. The van der Waals surface area contributed by atoms with Gasteiger partial charge < -0.3 is 10.6 Å². The lowest BCUT2D eigenvalue weighted by Gasteiger charge is -2.23. The molecule has 1 aromatic rings. The smallest absolute Gasteiger partial charge is 0.238 e. The Morgan fingerprint density at radius 3 is 2.55 bits per heavy atom. The minimum absolute atomic E-state index is 0.0670. The number of nitrogens with one attached hydrogen (secondary N) is 2. The predicted molar refractivity (Wildman–Crippen MR) is 88.8 cm³/mol. The van der Waals surface area contributed by atoms with Crippen LogP contribution in [0.3, 0.4) is 0 Å². The van der Waals surface area contributed by atoms with Gasteiger partial charge in [-0.1, -0.05) is 37.6 Å². The number of carbonyl (C=O) groups excluding carboxylic acids is 2. The Morgan fingerprint density at radius 2 is 1.91 bits per heavy atom. The Labute approximate surface area is 131 Å². The van der Waals surface area contributed by atoms with Gasteiger partial charge >= 0.3 is 0 Å². The van der Waals surface area contributed by atoms with Gasteiger partial charge in [0.15, 0.2) is 0 Å². The van der Waals surface area contributed by atoms with Gasteiger partial charge in [-0.2, -0.15) is 0 Å². The molecule has 0 spiro atoms. The summed E-state index contributed by atoms with van der Waals surface area (Å²) in [4.78, 5) is 25.6. The van der Waals surface area contributed by atoms with Crippen LogP contribution in [0.2, 0.25) is 0 Å². The fraction of sp³-hybridized carbons (Fsp3) is 0.412. The summed E-state index contributed by atoms with van der Waals surface area (Å²) >= 11 is 0. The molecule has 1 heterocycles. The van der Waals surface area contributed by atoms with Crippen LogP contribution in [-0.2, 0) is 9.59 Å². The van der Waals surface area contributed by atoms with Gasteiger partial charge in [-0.3, -0.25) is 14.5 Å². The van der Waals surface area contributed by atoms with E-state index in [1.807, 2.05) is 12.1 Å². The molecule has 0 saturated carbocycles. The average molecular weight is 301 g/mol. The molecule has 5 nitrogen and oxygen atoms in total. The van der Waals surface area contributed by atoms with Crippen LogP contribution in [0.25, 0.3) is 0 Å². The zero-order chi connectivity index (χ0) is 15.9. The van der Waals surface area contributed by atoms with E-state index < -0.39 is 0 Å². The molecule has 2 rings (SSSR count). The Bertz CT molecular complexity index is 569. The van der Waals surface area contributed by atoms with Crippen molar-refractivity contribution in [2.24, 2.45) is 0 Å². The molecular formula is C17H23N3O2. The van der Waals surface area contributed by atoms with Gasteiger partial charge in [0, 0.05) is 19.5 Å². The highest BCUT2D eigenvalue weighted by Crippen LogP contribution is 2.21. The Kier molecular flexibility index (Phi) is 5.72. The summed E-state index contributed by atoms with van der Waals surface area (Å²) in [5.74, 6) is -0.226. The van der Waals surface area contributed by atoms with Crippen molar-refractivity contribution < 1.29 is 9.59 Å². The molecule has 1 aliphatic heterocycles. The zero-order valence-corrected chi connectivity index (χ0v) is 13.1. The van der Waals surface area contributed by atoms with Crippen LogP contribution in [0.4, 0.5) is 11.4 Å². The Hall–Kier alpha value is -2.14. The number of hydrogen-bond acceptors (Lipinski definition) is 3. The van der Waals surface area contributed by atoms with E-state index in [1.54, 1.807) is 12.1 Å². The highest BCUT2D eigenvalue weighted by molar-refractivity contribution is 5.99. The number of carbonyl (C=O) groups is 2. The molecule has 0 aromatic heterocycles. The molecule has 5 heteroatoms. The standard InChI is InChI=1S/C17H23N3O2/c1-3-7-14-8-6-11-20(14)12-17(22)19-16-10-5-4-9-15(16)18-13(2)21/h4-6,8-10,14H,3,7,11-12H2,1-2H3,(H,18,21)(H,19,22)/t14-/m1/s1. The normalized spacial score (nSPS) is 17.5. The van der Waals surface area contributed by atoms with E-state index in [0.29, 0.717) is 24.0 Å². The van der Waals surface area contributed by atoms with E-state index in [-0.39, 0.29) is 11.8 Å². The van der Waals surface area contributed by atoms with Crippen LogP contribution in [0.1, 0.15) is 26.7 Å². The van der Waals surface area contributed by atoms with Crippen molar-refractivity contribution in [1.29, 1.82) is 0 Å². The minimum atomic E-state index is -0.159. The lowest BCUT2D eigenvalue weighted by molar-refractivity contribution is -0.117. The van der Waals surface area contributed by atoms with E-state index in [4.69, 9.17) is 0 Å². The molecule has 0 aliphatic carbocycles. The summed E-state index contributed by atoms with van der Waals surface area (Å²) in [5.41, 5.74) is 1.25. The van der Waals surface area contributed by atoms with Crippen molar-refractivity contribution in [3.05, 3.63) is 36.4 Å². The molecule has 118 valence electrons. The molecule has 0 saturated heterocycles. The van der Waals surface area contributed by atoms with E-state index in [1.165, 1.54) is 6.92 Å². The first-order valence-corrected chi connectivity index (χ1v) is 7.67. The van der Waals surface area contributed by atoms with Crippen LogP contribution in [-0.4, -0.2) is 35.8 Å². The molecule has 0 unspecified atom stereocenters. The van der Waals surface area contributed by atoms with Crippen molar-refractivity contribution in [3.8, 4) is 0 Å². The zero-order valence-electron chi connectivity index (χ0n) is 13.1. The van der Waals surface area contributed by atoms with Crippen molar-refractivity contribution in [2.45, 2.75) is 32.7 Å². The predicted octanol–water partition coefficient (Wildman–Crippen LogP) is 2.62. The van der Waals surface area contributed by atoms with Crippen LogP contribution in [0, 0.1) is 0 Å². The lowest BCUT2D eigenvalue weighted by Crippen LogP contribution is -2.37. The molecular weight excluding hydrogens is 278 g/mol. The van der Waals surface area contributed by atoms with E-state index in [9.17, 15) is 9.59 Å². The highest BCUT2D eigenvalue weighted by Gasteiger charge is 2.21. The van der Waals surface area contributed by atoms with Crippen molar-refractivity contribution in [1.82, 2.24) is 4.90 Å².